The zero-order chi connectivity index (χ0) is 15.2. The van der Waals surface area contributed by atoms with Crippen LogP contribution < -0.4 is 5.32 Å². The first-order valence-electron chi connectivity index (χ1n) is 6.65. The second kappa shape index (κ2) is 8.00. The minimum Gasteiger partial charge on any atom is -0.353 e. The second-order valence-corrected chi connectivity index (χ2v) is 8.76. The van der Waals surface area contributed by atoms with Crippen molar-refractivity contribution in [3.63, 3.8) is 0 Å². The monoisotopic (exact) mass is 337 g/mol. The molecule has 1 atom stereocenters. The molecule has 1 rings (SSSR count). The van der Waals surface area contributed by atoms with Crippen molar-refractivity contribution in [2.75, 3.05) is 0 Å². The Morgan fingerprint density at radius 3 is 2.65 bits per heavy atom. The Labute approximate surface area is 129 Å². The van der Waals surface area contributed by atoms with Gasteiger partial charge >= 0.3 is 0 Å². The fraction of sp³-hybridized carbons (Fsp3) is 0.615. The number of rotatable bonds is 8. The van der Waals surface area contributed by atoms with Gasteiger partial charge in [-0.25, -0.2) is 8.42 Å². The Balaban J connectivity index is 2.44. The van der Waals surface area contributed by atoms with E-state index in [0.717, 1.165) is 30.6 Å². The summed E-state index contributed by atoms with van der Waals surface area (Å²) in [5.41, 5.74) is 0. The van der Waals surface area contributed by atoms with Gasteiger partial charge in [0.25, 0.3) is 9.05 Å². The number of halogens is 1. The van der Waals surface area contributed by atoms with Gasteiger partial charge in [-0.1, -0.05) is 26.2 Å². The summed E-state index contributed by atoms with van der Waals surface area (Å²) in [6.07, 6.45) is 4.58. The first-order chi connectivity index (χ1) is 9.32. The molecule has 0 aliphatic heterocycles. The molecule has 0 aliphatic rings. The summed E-state index contributed by atoms with van der Waals surface area (Å²) in [5, 5.41) is 2.92. The van der Waals surface area contributed by atoms with E-state index < -0.39 is 9.05 Å². The highest BCUT2D eigenvalue weighted by Crippen LogP contribution is 2.25. The van der Waals surface area contributed by atoms with E-state index >= 15 is 0 Å². The molecule has 4 nitrogen and oxygen atoms in total. The fourth-order valence-electron chi connectivity index (χ4n) is 1.84. The number of amides is 1. The van der Waals surface area contributed by atoms with Gasteiger partial charge in [0.2, 0.25) is 5.91 Å². The van der Waals surface area contributed by atoms with E-state index in [2.05, 4.69) is 12.2 Å². The molecule has 0 fully saturated rings. The van der Waals surface area contributed by atoms with Gasteiger partial charge in [-0.15, -0.1) is 11.3 Å². The molecule has 0 aliphatic carbocycles. The molecule has 1 amide bonds. The van der Waals surface area contributed by atoms with Crippen LogP contribution in [0, 0.1) is 0 Å². The minimum absolute atomic E-state index is 0.0814. The third-order valence-corrected chi connectivity index (χ3v) is 6.04. The molecule has 1 N–H and O–H groups in total. The number of unbranched alkanes of at least 4 members (excludes halogenated alkanes) is 2. The predicted molar refractivity (Wildman–Crippen MR) is 82.8 cm³/mol. The predicted octanol–water partition coefficient (Wildman–Crippen LogP) is 3.30. The summed E-state index contributed by atoms with van der Waals surface area (Å²) in [5.74, 6) is -0.0885. The molecule has 20 heavy (non-hydrogen) atoms. The van der Waals surface area contributed by atoms with Gasteiger partial charge in [-0.2, -0.15) is 0 Å². The molecular weight excluding hydrogens is 318 g/mol. The maximum absolute atomic E-state index is 11.8. The van der Waals surface area contributed by atoms with Crippen LogP contribution in [0.25, 0.3) is 0 Å². The molecule has 0 saturated heterocycles. The molecular formula is C13H20ClNO3S2. The van der Waals surface area contributed by atoms with E-state index in [9.17, 15) is 13.2 Å². The third kappa shape index (κ3) is 6.24. The Morgan fingerprint density at radius 1 is 1.40 bits per heavy atom. The number of thiophene rings is 1. The lowest BCUT2D eigenvalue weighted by atomic mass is 10.1. The normalized spacial score (nSPS) is 13.2. The van der Waals surface area contributed by atoms with Crippen LogP contribution in [-0.2, 0) is 20.3 Å². The highest BCUT2D eigenvalue weighted by atomic mass is 35.7. The Kier molecular flexibility index (Phi) is 6.99. The van der Waals surface area contributed by atoms with Gasteiger partial charge in [0, 0.05) is 21.6 Å². The van der Waals surface area contributed by atoms with E-state index in [1.807, 2.05) is 6.92 Å². The van der Waals surface area contributed by atoms with Crippen LogP contribution in [0.5, 0.6) is 0 Å². The fourth-order valence-corrected chi connectivity index (χ4v) is 3.96. The topological polar surface area (TPSA) is 63.2 Å². The number of hydrogen-bond acceptors (Lipinski definition) is 4. The highest BCUT2D eigenvalue weighted by Gasteiger charge is 2.15. The quantitative estimate of drug-likeness (QED) is 0.584. The van der Waals surface area contributed by atoms with Gasteiger partial charge in [0.05, 0.1) is 6.42 Å². The van der Waals surface area contributed by atoms with Gasteiger partial charge < -0.3 is 5.32 Å². The van der Waals surface area contributed by atoms with E-state index in [1.165, 1.54) is 12.5 Å². The second-order valence-electron chi connectivity index (χ2n) is 4.80. The number of carbonyl (C=O) groups is 1. The van der Waals surface area contributed by atoms with Crippen LogP contribution in [-0.4, -0.2) is 20.4 Å². The van der Waals surface area contributed by atoms with Crippen molar-refractivity contribution >= 4 is 37.0 Å². The van der Waals surface area contributed by atoms with Crippen molar-refractivity contribution in [1.82, 2.24) is 5.32 Å². The average molecular weight is 338 g/mol. The van der Waals surface area contributed by atoms with Crippen molar-refractivity contribution in [2.24, 2.45) is 0 Å². The lowest BCUT2D eigenvalue weighted by molar-refractivity contribution is -0.121. The van der Waals surface area contributed by atoms with Gasteiger partial charge in [0.15, 0.2) is 0 Å². The molecule has 0 radical (unpaired) electrons. The van der Waals surface area contributed by atoms with Crippen molar-refractivity contribution < 1.29 is 13.2 Å². The van der Waals surface area contributed by atoms with Crippen LogP contribution in [0.4, 0.5) is 0 Å². The lowest BCUT2D eigenvalue weighted by Gasteiger charge is -2.13. The minimum atomic E-state index is -3.70. The standard InChI is InChI=1S/C13H20ClNO3S2/c1-3-4-5-6-10(2)15-12(16)9-11-7-8-13(19-11)20(14,17)18/h7-8,10H,3-6,9H2,1-2H3,(H,15,16). The Bertz CT molecular complexity index is 540. The molecule has 1 aromatic heterocycles. The van der Waals surface area contributed by atoms with E-state index in [1.54, 1.807) is 6.07 Å². The maximum Gasteiger partial charge on any atom is 0.270 e. The van der Waals surface area contributed by atoms with Crippen molar-refractivity contribution in [3.05, 3.63) is 17.0 Å². The van der Waals surface area contributed by atoms with Crippen molar-refractivity contribution in [2.45, 2.75) is 56.2 Å². The number of nitrogens with one attached hydrogen (secondary N) is 1. The van der Waals surface area contributed by atoms with Crippen molar-refractivity contribution in [3.8, 4) is 0 Å². The Hall–Kier alpha value is -0.590. The summed E-state index contributed by atoms with van der Waals surface area (Å²) >= 11 is 1.04. The summed E-state index contributed by atoms with van der Waals surface area (Å²) in [6, 6.07) is 3.20. The molecule has 1 aromatic rings. The van der Waals surface area contributed by atoms with Crippen LogP contribution in [0.15, 0.2) is 16.3 Å². The van der Waals surface area contributed by atoms with Gasteiger partial charge in [-0.3, -0.25) is 4.79 Å². The van der Waals surface area contributed by atoms with E-state index in [4.69, 9.17) is 10.7 Å². The molecule has 0 spiro atoms. The van der Waals surface area contributed by atoms with Crippen LogP contribution in [0.1, 0.15) is 44.4 Å². The first-order valence-corrected chi connectivity index (χ1v) is 9.78. The number of carbonyl (C=O) groups excluding carboxylic acids is 1. The summed E-state index contributed by atoms with van der Waals surface area (Å²) in [4.78, 5) is 12.5. The zero-order valence-electron chi connectivity index (χ0n) is 11.7. The molecule has 0 saturated carbocycles. The highest BCUT2D eigenvalue weighted by molar-refractivity contribution is 8.15. The van der Waals surface area contributed by atoms with Crippen LogP contribution >= 0.6 is 22.0 Å². The summed E-state index contributed by atoms with van der Waals surface area (Å²) in [6.45, 7) is 4.12. The molecule has 0 aromatic carbocycles. The zero-order valence-corrected chi connectivity index (χ0v) is 14.1. The Morgan fingerprint density at radius 2 is 2.10 bits per heavy atom. The van der Waals surface area contributed by atoms with Crippen molar-refractivity contribution in [1.29, 1.82) is 0 Å². The lowest BCUT2D eigenvalue weighted by Crippen LogP contribution is -2.33. The average Bonchev–Trinajstić information content (AvgIpc) is 2.77. The molecule has 7 heteroatoms. The van der Waals surface area contributed by atoms with Gasteiger partial charge in [0.1, 0.15) is 4.21 Å². The van der Waals surface area contributed by atoms with E-state index in [0.29, 0.717) is 4.88 Å². The van der Waals surface area contributed by atoms with E-state index in [-0.39, 0.29) is 22.6 Å². The third-order valence-electron chi connectivity index (χ3n) is 2.86. The molecule has 1 heterocycles. The summed E-state index contributed by atoms with van der Waals surface area (Å²) < 4.78 is 22.3. The maximum atomic E-state index is 11.8. The number of hydrogen-bond donors (Lipinski definition) is 1. The van der Waals surface area contributed by atoms with Crippen LogP contribution in [0.3, 0.4) is 0 Å². The molecule has 0 bridgehead atoms. The van der Waals surface area contributed by atoms with Crippen LogP contribution in [0.2, 0.25) is 0 Å². The summed E-state index contributed by atoms with van der Waals surface area (Å²) in [7, 11) is 1.55. The largest absolute Gasteiger partial charge is 0.353 e. The molecule has 1 unspecified atom stereocenters. The molecule has 114 valence electrons. The first kappa shape index (κ1) is 17.5. The smallest absolute Gasteiger partial charge is 0.270 e. The van der Waals surface area contributed by atoms with Gasteiger partial charge in [-0.05, 0) is 25.5 Å². The SMILES string of the molecule is CCCCCC(C)NC(=O)Cc1ccc(S(=O)(=O)Cl)s1.